The number of carbonyl (C=O) groups excluding carboxylic acids is 1. The van der Waals surface area contributed by atoms with Gasteiger partial charge in [-0.2, -0.15) is 0 Å². The number of fused-ring (bicyclic) bond motifs is 2. The summed E-state index contributed by atoms with van der Waals surface area (Å²) in [5, 5.41) is 10.9. The summed E-state index contributed by atoms with van der Waals surface area (Å²) in [6, 6.07) is 6.76. The molecule has 0 bridgehead atoms. The summed E-state index contributed by atoms with van der Waals surface area (Å²) in [4.78, 5) is 28.1. The maximum Gasteiger partial charge on any atom is 0.311 e. The van der Waals surface area contributed by atoms with E-state index in [2.05, 4.69) is 23.6 Å². The van der Waals surface area contributed by atoms with Crippen LogP contribution in [-0.2, 0) is 14.3 Å². The lowest BCUT2D eigenvalue weighted by Crippen LogP contribution is -2.55. The van der Waals surface area contributed by atoms with Gasteiger partial charge in [-0.25, -0.2) is 0 Å². The number of epoxide rings is 1. The van der Waals surface area contributed by atoms with Gasteiger partial charge in [0.15, 0.2) is 0 Å². The molecule has 5 fully saturated rings. The average Bonchev–Trinajstić information content (AvgIpc) is 3.49. The van der Waals surface area contributed by atoms with Gasteiger partial charge in [0.25, 0.3) is 5.69 Å². The van der Waals surface area contributed by atoms with E-state index in [1.807, 2.05) is 12.1 Å². The minimum Gasteiger partial charge on any atom is -0.462 e. The molecule has 0 radical (unpaired) electrons. The van der Waals surface area contributed by atoms with Crippen molar-refractivity contribution in [2.24, 2.45) is 23.2 Å². The first-order valence-corrected chi connectivity index (χ1v) is 12.4. The maximum absolute atomic E-state index is 13.0. The van der Waals surface area contributed by atoms with Gasteiger partial charge in [-0.3, -0.25) is 19.8 Å². The number of nitro groups is 1. The summed E-state index contributed by atoms with van der Waals surface area (Å²) in [6.45, 7) is 8.83. The molecule has 1 aromatic carbocycles. The van der Waals surface area contributed by atoms with E-state index < -0.39 is 0 Å². The molecule has 3 heterocycles. The van der Waals surface area contributed by atoms with E-state index in [4.69, 9.17) is 9.47 Å². The van der Waals surface area contributed by atoms with Crippen LogP contribution in [0.5, 0.6) is 0 Å². The van der Waals surface area contributed by atoms with Crippen LogP contribution in [0.3, 0.4) is 0 Å². The fourth-order valence-corrected chi connectivity index (χ4v) is 7.69. The Balaban J connectivity index is 1.11. The van der Waals surface area contributed by atoms with Crippen molar-refractivity contribution in [2.75, 3.05) is 37.6 Å². The largest absolute Gasteiger partial charge is 0.462 e. The second kappa shape index (κ2) is 7.40. The molecule has 1 spiro atoms. The van der Waals surface area contributed by atoms with Crippen molar-refractivity contribution < 1.29 is 19.2 Å². The minimum atomic E-state index is -0.370. The maximum atomic E-state index is 13.0. The van der Waals surface area contributed by atoms with Crippen LogP contribution in [0, 0.1) is 33.3 Å². The van der Waals surface area contributed by atoms with Crippen molar-refractivity contribution in [3.8, 4) is 0 Å². The number of nitro benzene ring substituents is 1. The molecule has 178 valence electrons. The van der Waals surface area contributed by atoms with Crippen molar-refractivity contribution in [3.63, 3.8) is 0 Å². The number of nitrogens with zero attached hydrogens (tertiary/aromatic N) is 3. The van der Waals surface area contributed by atoms with Gasteiger partial charge in [0, 0.05) is 61.9 Å². The van der Waals surface area contributed by atoms with Gasteiger partial charge in [0.05, 0.1) is 16.9 Å². The van der Waals surface area contributed by atoms with Gasteiger partial charge in [-0.1, -0.05) is 20.3 Å². The number of rotatable bonds is 4. The molecular weight excluding hydrogens is 422 g/mol. The normalized spacial score (nSPS) is 42.2. The zero-order valence-corrected chi connectivity index (χ0v) is 19.4. The third-order valence-electron chi connectivity index (χ3n) is 9.45. The van der Waals surface area contributed by atoms with E-state index >= 15 is 0 Å². The van der Waals surface area contributed by atoms with Crippen LogP contribution in [0.2, 0.25) is 0 Å². The van der Waals surface area contributed by atoms with Crippen molar-refractivity contribution in [2.45, 2.75) is 57.3 Å². The lowest BCUT2D eigenvalue weighted by atomic mass is 9.53. The second-order valence-corrected chi connectivity index (χ2v) is 11.1. The molecule has 0 amide bonds. The highest BCUT2D eigenvalue weighted by Crippen LogP contribution is 2.70. The van der Waals surface area contributed by atoms with Crippen molar-refractivity contribution in [3.05, 3.63) is 34.4 Å². The Morgan fingerprint density at radius 1 is 1.18 bits per heavy atom. The summed E-state index contributed by atoms with van der Waals surface area (Å²) in [7, 11) is 0. The van der Waals surface area contributed by atoms with Gasteiger partial charge in [0.2, 0.25) is 0 Å². The quantitative estimate of drug-likeness (QED) is 0.298. The number of piperazine rings is 1. The lowest BCUT2D eigenvalue weighted by Gasteiger charge is -2.49. The smallest absolute Gasteiger partial charge is 0.311 e. The molecular formula is C25H33N3O5. The Labute approximate surface area is 194 Å². The van der Waals surface area contributed by atoms with E-state index in [9.17, 15) is 14.9 Å². The summed E-state index contributed by atoms with van der Waals surface area (Å²) in [6.07, 6.45) is 4.73. The topological polar surface area (TPSA) is 88.5 Å². The second-order valence-electron chi connectivity index (χ2n) is 11.1. The number of esters is 1. The number of benzene rings is 1. The van der Waals surface area contributed by atoms with Crippen LogP contribution in [0.25, 0.3) is 0 Å². The fourth-order valence-electron chi connectivity index (χ4n) is 7.69. The van der Waals surface area contributed by atoms with Gasteiger partial charge in [-0.15, -0.1) is 0 Å². The number of ether oxygens (including phenoxy) is 2. The highest BCUT2D eigenvalue weighted by molar-refractivity contribution is 5.76. The van der Waals surface area contributed by atoms with Crippen molar-refractivity contribution >= 4 is 17.3 Å². The number of non-ortho nitro benzene ring substituents is 1. The van der Waals surface area contributed by atoms with Crippen LogP contribution in [0.15, 0.2) is 24.3 Å². The van der Waals surface area contributed by atoms with Gasteiger partial charge in [-0.05, 0) is 37.3 Å². The van der Waals surface area contributed by atoms with E-state index in [1.54, 1.807) is 12.1 Å². The molecule has 3 aliphatic heterocycles. The summed E-state index contributed by atoms with van der Waals surface area (Å²) < 4.78 is 12.5. The first-order valence-electron chi connectivity index (χ1n) is 12.4. The molecule has 2 saturated carbocycles. The first kappa shape index (κ1) is 21.4. The zero-order chi connectivity index (χ0) is 23.0. The molecule has 0 unspecified atom stereocenters. The lowest BCUT2D eigenvalue weighted by molar-refractivity contribution is -0.384. The molecule has 33 heavy (non-hydrogen) atoms. The molecule has 5 aliphatic rings. The standard InChI is InChI=1S/C25H33N3O5/c1-16-4-3-9-24(2)14-20-21(22-25(16,24)33-22)19(23(29)32-20)15-26-10-12-27(13-11-26)17-5-7-18(8-6-17)28(30)31/h5-8,16,19-22H,3-4,9-15H2,1-2H3/t16-,19-,20+,21+,22+,24-,25-/m1/s1. The van der Waals surface area contributed by atoms with Crippen LogP contribution in [-0.4, -0.2) is 66.3 Å². The van der Waals surface area contributed by atoms with Crippen molar-refractivity contribution in [1.82, 2.24) is 4.90 Å². The van der Waals surface area contributed by atoms with Crippen molar-refractivity contribution in [1.29, 1.82) is 0 Å². The summed E-state index contributed by atoms with van der Waals surface area (Å²) in [5.74, 6) is 0.579. The van der Waals surface area contributed by atoms with Crippen LogP contribution >= 0.6 is 0 Å². The predicted molar refractivity (Wildman–Crippen MR) is 122 cm³/mol. The molecule has 6 rings (SSSR count). The van der Waals surface area contributed by atoms with Gasteiger partial charge >= 0.3 is 5.97 Å². The molecule has 8 nitrogen and oxygen atoms in total. The molecule has 8 heteroatoms. The van der Waals surface area contributed by atoms with Crippen LogP contribution in [0.1, 0.15) is 39.5 Å². The van der Waals surface area contributed by atoms with Crippen LogP contribution < -0.4 is 4.90 Å². The molecule has 7 atom stereocenters. The number of anilines is 1. The Hall–Kier alpha value is -2.19. The monoisotopic (exact) mass is 455 g/mol. The molecule has 1 aromatic rings. The molecule has 2 aliphatic carbocycles. The minimum absolute atomic E-state index is 0.000163. The number of hydrogen-bond acceptors (Lipinski definition) is 7. The Morgan fingerprint density at radius 3 is 2.61 bits per heavy atom. The zero-order valence-electron chi connectivity index (χ0n) is 19.4. The highest BCUT2D eigenvalue weighted by atomic mass is 16.6. The van der Waals surface area contributed by atoms with E-state index in [0.29, 0.717) is 5.92 Å². The first-order chi connectivity index (χ1) is 15.8. The third-order valence-corrected chi connectivity index (χ3v) is 9.45. The Bertz CT molecular complexity index is 961. The molecule has 0 aromatic heterocycles. The van der Waals surface area contributed by atoms with E-state index in [0.717, 1.165) is 44.8 Å². The predicted octanol–water partition coefficient (Wildman–Crippen LogP) is 3.24. The summed E-state index contributed by atoms with van der Waals surface area (Å²) in [5.41, 5.74) is 1.20. The number of hydrogen-bond donors (Lipinski definition) is 0. The number of carbonyl (C=O) groups is 1. The van der Waals surface area contributed by atoms with E-state index in [1.165, 1.54) is 19.3 Å². The fraction of sp³-hybridized carbons (Fsp3) is 0.720. The average molecular weight is 456 g/mol. The summed E-state index contributed by atoms with van der Waals surface area (Å²) >= 11 is 0. The van der Waals surface area contributed by atoms with E-state index in [-0.39, 0.29) is 51.6 Å². The molecule has 3 saturated heterocycles. The Kier molecular flexibility index (Phi) is 4.79. The highest BCUT2D eigenvalue weighted by Gasteiger charge is 2.78. The SMILES string of the molecule is C[C@@H]1CCC[C@]2(C)C[C@@H]3OC(=O)[C@H](CN4CCN(c5ccc([N+](=O)[O-])cc5)CC4)[C@@H]3[C@@H]3O[C@]132. The third kappa shape index (κ3) is 3.13. The Morgan fingerprint density at radius 2 is 1.91 bits per heavy atom. The van der Waals surface area contributed by atoms with Crippen LogP contribution in [0.4, 0.5) is 11.4 Å². The van der Waals surface area contributed by atoms with Gasteiger partial charge in [0.1, 0.15) is 11.7 Å². The molecule has 0 N–H and O–H groups in total. The van der Waals surface area contributed by atoms with Gasteiger partial charge < -0.3 is 14.4 Å².